The third-order valence-electron chi connectivity index (χ3n) is 6.37. The summed E-state index contributed by atoms with van der Waals surface area (Å²) in [6.07, 6.45) is 7.34. The molecule has 0 saturated carbocycles. The van der Waals surface area contributed by atoms with Crippen LogP contribution < -0.4 is 15.8 Å². The molecule has 0 aromatic heterocycles. The second-order valence-electron chi connectivity index (χ2n) is 8.19. The minimum absolute atomic E-state index is 0.348. The zero-order chi connectivity index (χ0) is 20.0. The summed E-state index contributed by atoms with van der Waals surface area (Å²) in [4.78, 5) is 13.1. The number of amides is 2. The summed E-state index contributed by atoms with van der Waals surface area (Å²) in [6.45, 7) is 1.02. The van der Waals surface area contributed by atoms with Crippen LogP contribution in [0.25, 0.3) is 0 Å². The minimum Gasteiger partial charge on any atom is -0.310 e. The molecule has 2 aromatic carbocycles. The van der Waals surface area contributed by atoms with Crippen LogP contribution in [0.15, 0.2) is 39.6 Å². The van der Waals surface area contributed by atoms with Crippen molar-refractivity contribution < 1.29 is 9.00 Å². The number of fused-ring (bicyclic) bond motifs is 2. The number of urea groups is 1. The van der Waals surface area contributed by atoms with Gasteiger partial charge in [0, 0.05) is 11.7 Å². The lowest BCUT2D eigenvalue weighted by Gasteiger charge is -2.28. The minimum atomic E-state index is -3.30. The molecule has 0 bridgehead atoms. The summed E-state index contributed by atoms with van der Waals surface area (Å²) in [5.41, 5.74) is 7.12. The van der Waals surface area contributed by atoms with E-state index in [9.17, 15) is 9.00 Å². The molecule has 0 radical (unpaired) electrons. The smallest absolute Gasteiger partial charge is 0.310 e. The fraction of sp³-hybridized carbons (Fsp3) is 0.409. The molecule has 3 aliphatic rings. The van der Waals surface area contributed by atoms with Crippen molar-refractivity contribution in [3.05, 3.63) is 58.1 Å². The molecule has 2 atom stereocenters. The molecule has 1 unspecified atom stereocenters. The molecular weight excluding hydrogens is 384 g/mol. The molecule has 0 spiro atoms. The van der Waals surface area contributed by atoms with Crippen molar-refractivity contribution in [2.45, 2.75) is 55.9 Å². The molecule has 2 aromatic rings. The highest BCUT2D eigenvalue weighted by Crippen LogP contribution is 2.38. The van der Waals surface area contributed by atoms with Crippen molar-refractivity contribution in [3.8, 4) is 0 Å². The molecule has 1 fully saturated rings. The summed E-state index contributed by atoms with van der Waals surface area (Å²) in [7, 11) is -3.30. The predicted molar refractivity (Wildman–Crippen MR) is 114 cm³/mol. The van der Waals surface area contributed by atoms with Gasteiger partial charge in [-0.2, -0.15) is 0 Å². The summed E-state index contributed by atoms with van der Waals surface area (Å²) in [5.74, 6) is 0. The summed E-state index contributed by atoms with van der Waals surface area (Å²) in [5, 5.41) is 12.2. The van der Waals surface area contributed by atoms with Gasteiger partial charge in [0.25, 0.3) is 0 Å². The highest BCUT2D eigenvalue weighted by molar-refractivity contribution is 7.91. The number of anilines is 1. The number of hydrogen-bond acceptors (Lipinski definition) is 3. The fourth-order valence-corrected chi connectivity index (χ4v) is 5.66. The summed E-state index contributed by atoms with van der Waals surface area (Å²) in [6, 6.07) is 9.27. The molecule has 1 heterocycles. The van der Waals surface area contributed by atoms with Gasteiger partial charge in [0.05, 0.1) is 4.90 Å². The molecule has 152 valence electrons. The SMILES string of the molecule is N[S@](=O)(=NC(=O)Nc1c2c(cc3c1CCC3)CCC2)c1ccc(C2CCN2)cc1. The molecule has 4 N–H and O–H groups in total. The normalized spacial score (nSPS) is 21.6. The maximum absolute atomic E-state index is 13.0. The van der Waals surface area contributed by atoms with E-state index in [1.165, 1.54) is 22.3 Å². The topological polar surface area (TPSA) is 96.6 Å². The highest BCUT2D eigenvalue weighted by atomic mass is 32.2. The number of nitrogens with one attached hydrogen (secondary N) is 2. The van der Waals surface area contributed by atoms with E-state index in [4.69, 9.17) is 5.14 Å². The number of nitrogens with two attached hydrogens (primary N) is 1. The third kappa shape index (κ3) is 3.47. The van der Waals surface area contributed by atoms with Gasteiger partial charge in [-0.3, -0.25) is 0 Å². The van der Waals surface area contributed by atoms with Gasteiger partial charge in [-0.25, -0.2) is 14.1 Å². The number of carbonyl (C=O) groups excluding carboxylic acids is 1. The Kier molecular flexibility index (Phi) is 4.69. The fourth-order valence-electron chi connectivity index (χ4n) is 4.74. The Labute approximate surface area is 171 Å². The van der Waals surface area contributed by atoms with Crippen molar-refractivity contribution in [1.82, 2.24) is 5.32 Å². The van der Waals surface area contributed by atoms with E-state index in [2.05, 4.69) is 21.1 Å². The van der Waals surface area contributed by atoms with Gasteiger partial charge in [-0.15, -0.1) is 4.36 Å². The average Bonchev–Trinajstić information content (AvgIpc) is 3.29. The summed E-state index contributed by atoms with van der Waals surface area (Å²) < 4.78 is 16.8. The molecule has 7 heteroatoms. The predicted octanol–water partition coefficient (Wildman–Crippen LogP) is 3.63. The lowest BCUT2D eigenvalue weighted by molar-refractivity contribution is 0.260. The zero-order valence-electron chi connectivity index (χ0n) is 16.4. The van der Waals surface area contributed by atoms with Crippen molar-refractivity contribution in [3.63, 3.8) is 0 Å². The van der Waals surface area contributed by atoms with Crippen LogP contribution in [0, 0.1) is 0 Å². The van der Waals surface area contributed by atoms with E-state index in [-0.39, 0.29) is 0 Å². The van der Waals surface area contributed by atoms with Gasteiger partial charge in [0.15, 0.2) is 0 Å². The Balaban J connectivity index is 1.41. The molecule has 1 saturated heterocycles. The molecule has 5 rings (SSSR count). The van der Waals surface area contributed by atoms with Gasteiger partial charge in [-0.05, 0) is 91.4 Å². The number of benzene rings is 2. The first-order valence-electron chi connectivity index (χ1n) is 10.4. The van der Waals surface area contributed by atoms with Crippen molar-refractivity contribution in [1.29, 1.82) is 0 Å². The quantitative estimate of drug-likeness (QED) is 0.721. The second-order valence-corrected chi connectivity index (χ2v) is 9.98. The maximum atomic E-state index is 13.0. The highest BCUT2D eigenvalue weighted by Gasteiger charge is 2.25. The van der Waals surface area contributed by atoms with Crippen LogP contribution in [-0.4, -0.2) is 16.8 Å². The first-order chi connectivity index (χ1) is 14.0. The van der Waals surface area contributed by atoms with Crippen LogP contribution in [0.1, 0.15) is 53.1 Å². The standard InChI is InChI=1S/C22H26N4O2S/c23-29(28,17-9-7-14(8-10-17)20-11-12-24-20)26-22(27)25-21-18-5-1-3-15(18)13-16-4-2-6-19(16)21/h7-10,13,20,24H,1-6,11-12H2,(H3,23,25,26,27,28)/t20?,29-/m0/s1. The first-order valence-corrected chi connectivity index (χ1v) is 11.9. The van der Waals surface area contributed by atoms with Gasteiger partial charge in [0.2, 0.25) is 0 Å². The molecule has 6 nitrogen and oxygen atoms in total. The van der Waals surface area contributed by atoms with Gasteiger partial charge < -0.3 is 10.6 Å². The van der Waals surface area contributed by atoms with E-state index >= 15 is 0 Å². The molecule has 1 aliphatic heterocycles. The Bertz CT molecular complexity index is 1060. The Morgan fingerprint density at radius 1 is 1.07 bits per heavy atom. The average molecular weight is 411 g/mol. The molecule has 29 heavy (non-hydrogen) atoms. The zero-order valence-corrected chi connectivity index (χ0v) is 17.2. The monoisotopic (exact) mass is 410 g/mol. The van der Waals surface area contributed by atoms with Gasteiger partial charge in [-0.1, -0.05) is 18.2 Å². The number of carbonyl (C=O) groups is 1. The van der Waals surface area contributed by atoms with Crippen molar-refractivity contribution >= 4 is 21.6 Å². The number of rotatable bonds is 3. The first kappa shape index (κ1) is 18.8. The second kappa shape index (κ2) is 7.23. The van der Waals surface area contributed by atoms with Gasteiger partial charge in [0.1, 0.15) is 9.92 Å². The van der Waals surface area contributed by atoms with Crippen molar-refractivity contribution in [2.24, 2.45) is 9.50 Å². The van der Waals surface area contributed by atoms with Crippen LogP contribution >= 0.6 is 0 Å². The lowest BCUT2D eigenvalue weighted by Crippen LogP contribution is -2.34. The van der Waals surface area contributed by atoms with Crippen LogP contribution in [0.5, 0.6) is 0 Å². The molecular formula is C22H26N4O2S. The summed E-state index contributed by atoms with van der Waals surface area (Å²) >= 11 is 0. The largest absolute Gasteiger partial charge is 0.354 e. The number of aryl methyl sites for hydroxylation is 2. The Morgan fingerprint density at radius 3 is 2.24 bits per heavy atom. The Morgan fingerprint density at radius 2 is 1.69 bits per heavy atom. The van der Waals surface area contributed by atoms with Crippen LogP contribution in [0.4, 0.5) is 10.5 Å². The number of hydrogen-bond donors (Lipinski definition) is 3. The van der Waals surface area contributed by atoms with E-state index in [1.54, 1.807) is 12.1 Å². The maximum Gasteiger partial charge on any atom is 0.354 e. The van der Waals surface area contributed by atoms with Gasteiger partial charge >= 0.3 is 6.03 Å². The third-order valence-corrected chi connectivity index (χ3v) is 7.75. The molecule has 2 amide bonds. The van der Waals surface area contributed by atoms with E-state index in [0.717, 1.165) is 62.7 Å². The lowest BCUT2D eigenvalue weighted by atomic mass is 9.98. The van der Waals surface area contributed by atoms with Crippen molar-refractivity contribution in [2.75, 3.05) is 11.9 Å². The Hall–Kier alpha value is -2.22. The number of nitrogens with zero attached hydrogens (tertiary/aromatic N) is 1. The van der Waals surface area contributed by atoms with E-state index in [1.807, 2.05) is 12.1 Å². The van der Waals surface area contributed by atoms with Crippen LogP contribution in [0.2, 0.25) is 0 Å². The van der Waals surface area contributed by atoms with E-state index < -0.39 is 15.9 Å². The van der Waals surface area contributed by atoms with Crippen LogP contribution in [0.3, 0.4) is 0 Å². The van der Waals surface area contributed by atoms with Crippen LogP contribution in [-0.2, 0) is 35.6 Å². The molecule has 2 aliphatic carbocycles. The van der Waals surface area contributed by atoms with E-state index in [0.29, 0.717) is 10.9 Å².